The van der Waals surface area contributed by atoms with Gasteiger partial charge in [0.15, 0.2) is 0 Å². The van der Waals surface area contributed by atoms with E-state index in [1.54, 1.807) is 0 Å². The molecule has 0 aromatic heterocycles. The Morgan fingerprint density at radius 1 is 1.44 bits per heavy atom. The van der Waals surface area contributed by atoms with Gasteiger partial charge in [-0.15, -0.1) is 0 Å². The molecule has 1 aliphatic rings. The second-order valence-electron chi connectivity index (χ2n) is 6.39. The third-order valence-corrected chi connectivity index (χ3v) is 4.26. The summed E-state index contributed by atoms with van der Waals surface area (Å²) in [6.45, 7) is 9.16. The van der Waals surface area contributed by atoms with E-state index in [4.69, 9.17) is 11.1 Å². The average molecular weight is 255 g/mol. The van der Waals surface area contributed by atoms with Crippen LogP contribution in [0.3, 0.4) is 0 Å². The maximum absolute atomic E-state index is 9.82. The number of rotatable bonds is 6. The molecule has 4 nitrogen and oxygen atoms in total. The van der Waals surface area contributed by atoms with Gasteiger partial charge in [-0.2, -0.15) is 0 Å². The molecule has 2 unspecified atom stereocenters. The van der Waals surface area contributed by atoms with E-state index in [1.165, 1.54) is 0 Å². The molecule has 1 rings (SSSR count). The number of likely N-dealkylation sites (tertiary alicyclic amines) is 1. The van der Waals surface area contributed by atoms with Gasteiger partial charge in [-0.25, -0.2) is 0 Å². The fourth-order valence-corrected chi connectivity index (χ4v) is 2.35. The summed E-state index contributed by atoms with van der Waals surface area (Å²) in [7, 11) is 0. The van der Waals surface area contributed by atoms with Gasteiger partial charge in [0, 0.05) is 12.0 Å². The summed E-state index contributed by atoms with van der Waals surface area (Å²) in [5.74, 6) is 0.725. The number of piperidine rings is 1. The SMILES string of the molecule is CC1CCN(CCCCC(C)(C)C(=N)N)CC1O. The van der Waals surface area contributed by atoms with Crippen molar-refractivity contribution in [2.24, 2.45) is 17.1 Å². The van der Waals surface area contributed by atoms with E-state index >= 15 is 0 Å². The lowest BCUT2D eigenvalue weighted by Crippen LogP contribution is -2.43. The van der Waals surface area contributed by atoms with Gasteiger partial charge < -0.3 is 15.7 Å². The van der Waals surface area contributed by atoms with Gasteiger partial charge in [0.1, 0.15) is 0 Å². The first-order valence-electron chi connectivity index (χ1n) is 7.08. The van der Waals surface area contributed by atoms with E-state index in [0.717, 1.165) is 45.3 Å². The Morgan fingerprint density at radius 3 is 2.67 bits per heavy atom. The second kappa shape index (κ2) is 6.53. The summed E-state index contributed by atoms with van der Waals surface area (Å²) in [5, 5.41) is 17.3. The minimum Gasteiger partial charge on any atom is -0.392 e. The predicted molar refractivity (Wildman–Crippen MR) is 75.8 cm³/mol. The van der Waals surface area contributed by atoms with Crippen molar-refractivity contribution in [1.82, 2.24) is 4.90 Å². The standard InChI is InChI=1S/C14H29N3O/c1-11-6-9-17(10-12(11)18)8-5-4-7-14(2,3)13(15)16/h11-12,18H,4-10H2,1-3H3,(H3,15,16). The van der Waals surface area contributed by atoms with E-state index in [1.807, 2.05) is 13.8 Å². The molecule has 0 radical (unpaired) electrons. The van der Waals surface area contributed by atoms with Crippen LogP contribution in [-0.2, 0) is 0 Å². The lowest BCUT2D eigenvalue weighted by atomic mass is 9.86. The third kappa shape index (κ3) is 4.58. The van der Waals surface area contributed by atoms with Crippen LogP contribution < -0.4 is 5.73 Å². The molecule has 18 heavy (non-hydrogen) atoms. The van der Waals surface area contributed by atoms with Crippen molar-refractivity contribution < 1.29 is 5.11 Å². The van der Waals surface area contributed by atoms with Crippen LogP contribution in [0.4, 0.5) is 0 Å². The van der Waals surface area contributed by atoms with Crippen molar-refractivity contribution in [1.29, 1.82) is 5.41 Å². The zero-order valence-electron chi connectivity index (χ0n) is 12.1. The molecular weight excluding hydrogens is 226 g/mol. The maximum atomic E-state index is 9.82. The fraction of sp³-hybridized carbons (Fsp3) is 0.929. The van der Waals surface area contributed by atoms with Crippen molar-refractivity contribution in [3.8, 4) is 0 Å². The molecule has 0 aliphatic carbocycles. The van der Waals surface area contributed by atoms with Crippen LogP contribution in [0, 0.1) is 16.7 Å². The molecule has 0 aromatic rings. The number of β-amino-alcohol motifs (C(OH)–C–C–N with tert-alkyl or cyclic N) is 1. The Balaban J connectivity index is 2.17. The van der Waals surface area contributed by atoms with Crippen LogP contribution in [0.15, 0.2) is 0 Å². The lowest BCUT2D eigenvalue weighted by Gasteiger charge is -2.34. The second-order valence-corrected chi connectivity index (χ2v) is 6.39. The zero-order valence-corrected chi connectivity index (χ0v) is 12.1. The molecule has 2 atom stereocenters. The van der Waals surface area contributed by atoms with Crippen molar-refractivity contribution >= 4 is 5.84 Å². The number of hydrogen-bond acceptors (Lipinski definition) is 3. The highest BCUT2D eigenvalue weighted by Crippen LogP contribution is 2.23. The molecule has 106 valence electrons. The summed E-state index contributed by atoms with van der Waals surface area (Å²) < 4.78 is 0. The van der Waals surface area contributed by atoms with Crippen LogP contribution in [0.1, 0.15) is 46.5 Å². The quantitative estimate of drug-likeness (QED) is 0.385. The number of amidine groups is 1. The molecular formula is C14H29N3O. The summed E-state index contributed by atoms with van der Waals surface area (Å²) in [4.78, 5) is 2.35. The number of unbranched alkanes of at least 4 members (excludes halogenated alkanes) is 1. The van der Waals surface area contributed by atoms with Crippen LogP contribution in [-0.4, -0.2) is 41.6 Å². The van der Waals surface area contributed by atoms with Crippen molar-refractivity contribution in [2.75, 3.05) is 19.6 Å². The molecule has 1 fully saturated rings. The monoisotopic (exact) mass is 255 g/mol. The molecule has 1 aliphatic heterocycles. The zero-order chi connectivity index (χ0) is 13.8. The molecule has 1 saturated heterocycles. The summed E-state index contributed by atoms with van der Waals surface area (Å²) in [6, 6.07) is 0. The van der Waals surface area contributed by atoms with Gasteiger partial charge in [-0.3, -0.25) is 5.41 Å². The number of nitrogens with one attached hydrogen (secondary N) is 1. The summed E-state index contributed by atoms with van der Waals surface area (Å²) in [5.41, 5.74) is 5.40. The molecule has 0 amide bonds. The fourth-order valence-electron chi connectivity index (χ4n) is 2.35. The van der Waals surface area contributed by atoms with E-state index < -0.39 is 0 Å². The highest BCUT2D eigenvalue weighted by molar-refractivity contribution is 5.82. The maximum Gasteiger partial charge on any atom is 0.0963 e. The van der Waals surface area contributed by atoms with Gasteiger partial charge in [-0.1, -0.05) is 27.2 Å². The average Bonchev–Trinajstić information content (AvgIpc) is 2.29. The van der Waals surface area contributed by atoms with Crippen molar-refractivity contribution in [2.45, 2.75) is 52.6 Å². The smallest absolute Gasteiger partial charge is 0.0963 e. The highest BCUT2D eigenvalue weighted by Gasteiger charge is 2.24. The topological polar surface area (TPSA) is 73.3 Å². The first-order chi connectivity index (χ1) is 8.33. The number of hydrogen-bond donors (Lipinski definition) is 3. The summed E-state index contributed by atoms with van der Waals surface area (Å²) >= 11 is 0. The molecule has 0 bridgehead atoms. The Labute approximate surface area is 111 Å². The third-order valence-electron chi connectivity index (χ3n) is 4.26. The van der Waals surface area contributed by atoms with E-state index in [9.17, 15) is 5.11 Å². The normalized spacial score (nSPS) is 26.2. The first-order valence-corrected chi connectivity index (χ1v) is 7.08. The predicted octanol–water partition coefficient (Wildman–Crippen LogP) is 1.82. The lowest BCUT2D eigenvalue weighted by molar-refractivity contribution is 0.0285. The Kier molecular flexibility index (Phi) is 5.60. The summed E-state index contributed by atoms with van der Waals surface area (Å²) in [6.07, 6.45) is 4.12. The Hall–Kier alpha value is -0.610. The van der Waals surface area contributed by atoms with Crippen molar-refractivity contribution in [3.05, 3.63) is 0 Å². The molecule has 0 aromatic carbocycles. The van der Waals surface area contributed by atoms with Crippen LogP contribution in [0.2, 0.25) is 0 Å². The van der Waals surface area contributed by atoms with Gasteiger partial charge in [0.2, 0.25) is 0 Å². The molecule has 0 saturated carbocycles. The van der Waals surface area contributed by atoms with E-state index in [0.29, 0.717) is 5.92 Å². The van der Waals surface area contributed by atoms with Crippen LogP contribution in [0.25, 0.3) is 0 Å². The Morgan fingerprint density at radius 2 is 2.11 bits per heavy atom. The largest absolute Gasteiger partial charge is 0.392 e. The highest BCUT2D eigenvalue weighted by atomic mass is 16.3. The van der Waals surface area contributed by atoms with Crippen LogP contribution in [0.5, 0.6) is 0 Å². The number of nitrogens with zero attached hydrogens (tertiary/aromatic N) is 1. The minimum absolute atomic E-state index is 0.160. The first kappa shape index (κ1) is 15.4. The van der Waals surface area contributed by atoms with Gasteiger partial charge >= 0.3 is 0 Å². The van der Waals surface area contributed by atoms with Crippen LogP contribution >= 0.6 is 0 Å². The molecule has 4 heteroatoms. The van der Waals surface area contributed by atoms with Gasteiger partial charge in [0.05, 0.1) is 11.9 Å². The van der Waals surface area contributed by atoms with Crippen molar-refractivity contribution in [3.63, 3.8) is 0 Å². The number of nitrogens with two attached hydrogens (primary N) is 1. The number of aliphatic hydroxyl groups is 1. The van der Waals surface area contributed by atoms with E-state index in [-0.39, 0.29) is 17.4 Å². The minimum atomic E-state index is -0.171. The molecule has 1 heterocycles. The molecule has 0 spiro atoms. The number of aliphatic hydroxyl groups excluding tert-OH is 1. The molecule has 4 N–H and O–H groups in total. The van der Waals surface area contributed by atoms with E-state index in [2.05, 4.69) is 11.8 Å². The Bertz CT molecular complexity index is 278. The van der Waals surface area contributed by atoms with Gasteiger partial charge in [0.25, 0.3) is 0 Å². The van der Waals surface area contributed by atoms with Gasteiger partial charge in [-0.05, 0) is 38.3 Å².